The van der Waals surface area contributed by atoms with E-state index < -0.39 is 0 Å². The first-order chi connectivity index (χ1) is 15.1. The van der Waals surface area contributed by atoms with Gasteiger partial charge in [-0.15, -0.1) is 24.0 Å². The fourth-order valence-electron chi connectivity index (χ4n) is 4.00. The number of guanidine groups is 1. The molecule has 0 spiro atoms. The Morgan fingerprint density at radius 2 is 2.00 bits per heavy atom. The summed E-state index contributed by atoms with van der Waals surface area (Å²) in [6, 6.07) is 10.9. The Bertz CT molecular complexity index is 851. The van der Waals surface area contributed by atoms with Crippen LogP contribution >= 0.6 is 24.0 Å². The van der Waals surface area contributed by atoms with Gasteiger partial charge in [-0.1, -0.05) is 18.2 Å². The number of ether oxygens (including phenoxy) is 1. The first-order valence-electron chi connectivity index (χ1n) is 11.4. The molecule has 1 fully saturated rings. The molecule has 0 radical (unpaired) electrons. The number of aliphatic imine (C=N–C) groups is 1. The van der Waals surface area contributed by atoms with Crippen molar-refractivity contribution in [2.75, 3.05) is 58.9 Å². The minimum absolute atomic E-state index is 0. The second-order valence-electron chi connectivity index (χ2n) is 8.35. The van der Waals surface area contributed by atoms with Gasteiger partial charge in [0, 0.05) is 65.4 Å². The zero-order valence-electron chi connectivity index (χ0n) is 19.9. The third kappa shape index (κ3) is 7.74. The van der Waals surface area contributed by atoms with Crippen LogP contribution in [0.25, 0.3) is 10.9 Å². The van der Waals surface area contributed by atoms with Crippen LogP contribution in [0.15, 0.2) is 35.3 Å². The number of pyridine rings is 1. The van der Waals surface area contributed by atoms with Crippen LogP contribution in [0.2, 0.25) is 0 Å². The Balaban J connectivity index is 0.00000363. The molecule has 7 nitrogen and oxygen atoms in total. The topological polar surface area (TPSA) is 65.0 Å². The molecule has 2 N–H and O–H groups in total. The van der Waals surface area contributed by atoms with Crippen molar-refractivity contribution in [1.82, 2.24) is 20.5 Å². The Labute approximate surface area is 210 Å². The molecule has 1 aromatic heterocycles. The zero-order chi connectivity index (χ0) is 22.1. The van der Waals surface area contributed by atoms with Crippen molar-refractivity contribution in [3.05, 3.63) is 35.9 Å². The van der Waals surface area contributed by atoms with E-state index in [0.717, 1.165) is 74.7 Å². The highest BCUT2D eigenvalue weighted by atomic mass is 127. The molecule has 1 aliphatic rings. The molecule has 3 rings (SSSR count). The van der Waals surface area contributed by atoms with Crippen LogP contribution in [0.4, 0.5) is 5.82 Å². The molecule has 32 heavy (non-hydrogen) atoms. The van der Waals surface area contributed by atoms with Gasteiger partial charge in [-0.3, -0.25) is 0 Å². The fraction of sp³-hybridized carbons (Fsp3) is 0.583. The summed E-state index contributed by atoms with van der Waals surface area (Å²) in [5, 5.41) is 8.25. The van der Waals surface area contributed by atoms with E-state index in [1.165, 1.54) is 5.56 Å². The number of hydrogen-bond donors (Lipinski definition) is 2. The van der Waals surface area contributed by atoms with Gasteiger partial charge in [-0.05, 0) is 43.9 Å². The van der Waals surface area contributed by atoms with Crippen molar-refractivity contribution in [2.45, 2.75) is 38.8 Å². The van der Waals surface area contributed by atoms with Crippen molar-refractivity contribution < 1.29 is 4.74 Å². The van der Waals surface area contributed by atoms with Crippen LogP contribution in [0, 0.1) is 0 Å². The molecule has 178 valence electrons. The van der Waals surface area contributed by atoms with E-state index in [9.17, 15) is 0 Å². The number of nitrogens with zero attached hydrogens (tertiary/aromatic N) is 4. The highest BCUT2D eigenvalue weighted by Crippen LogP contribution is 2.22. The van der Waals surface area contributed by atoms with Crippen LogP contribution in [-0.4, -0.2) is 75.9 Å². The number of halogens is 1. The van der Waals surface area contributed by atoms with Crippen LogP contribution in [0.1, 0.15) is 31.7 Å². The van der Waals surface area contributed by atoms with Crippen LogP contribution < -0.4 is 15.5 Å². The van der Waals surface area contributed by atoms with Crippen molar-refractivity contribution in [3.8, 4) is 0 Å². The van der Waals surface area contributed by atoms with E-state index in [-0.39, 0.29) is 24.0 Å². The van der Waals surface area contributed by atoms with Gasteiger partial charge in [0.05, 0.1) is 12.1 Å². The maximum absolute atomic E-state index is 5.17. The van der Waals surface area contributed by atoms with E-state index in [1.54, 1.807) is 7.11 Å². The van der Waals surface area contributed by atoms with Gasteiger partial charge in [0.25, 0.3) is 0 Å². The predicted molar refractivity (Wildman–Crippen MR) is 145 cm³/mol. The summed E-state index contributed by atoms with van der Waals surface area (Å²) < 4.78 is 5.17. The lowest BCUT2D eigenvalue weighted by Gasteiger charge is -2.33. The molecule has 0 unspecified atom stereocenters. The lowest BCUT2D eigenvalue weighted by Crippen LogP contribution is -2.48. The number of rotatable bonds is 9. The molecule has 2 heterocycles. The number of aromatic nitrogens is 1. The minimum Gasteiger partial charge on any atom is -0.385 e. The Hall–Kier alpha value is -1.65. The standard InChI is InChI=1S/C24H38N6O.HI/c1-5-25-24(27-20-11-14-30(15-12-20)13-8-16-31-4)26-18-19-17-23(29(2)3)28-22-10-7-6-9-21(19)22;/h6-7,9-10,17,20H,5,8,11-16,18H2,1-4H3,(H2,25,26,27);1H. The van der Waals surface area contributed by atoms with Gasteiger partial charge < -0.3 is 25.2 Å². The molecule has 1 aromatic carbocycles. The zero-order valence-corrected chi connectivity index (χ0v) is 22.3. The molecule has 0 saturated carbocycles. The number of anilines is 1. The third-order valence-electron chi connectivity index (χ3n) is 5.75. The molecular weight excluding hydrogens is 515 g/mol. The predicted octanol–water partition coefficient (Wildman–Crippen LogP) is 3.47. The summed E-state index contributed by atoms with van der Waals surface area (Å²) in [4.78, 5) is 14.3. The van der Waals surface area contributed by atoms with Crippen LogP contribution in [-0.2, 0) is 11.3 Å². The van der Waals surface area contributed by atoms with Crippen molar-refractivity contribution in [3.63, 3.8) is 0 Å². The highest BCUT2D eigenvalue weighted by Gasteiger charge is 2.19. The Kier molecular flexibility index (Phi) is 11.5. The summed E-state index contributed by atoms with van der Waals surface area (Å²) in [7, 11) is 5.82. The van der Waals surface area contributed by atoms with Crippen LogP contribution in [0.3, 0.4) is 0 Å². The number of methoxy groups -OCH3 is 1. The van der Waals surface area contributed by atoms with Gasteiger partial charge in [0.2, 0.25) is 0 Å². The summed E-state index contributed by atoms with van der Waals surface area (Å²) in [6.07, 6.45) is 3.38. The largest absolute Gasteiger partial charge is 0.385 e. The van der Waals surface area contributed by atoms with E-state index in [1.807, 2.05) is 25.1 Å². The summed E-state index contributed by atoms with van der Waals surface area (Å²) in [5.41, 5.74) is 2.21. The highest BCUT2D eigenvalue weighted by molar-refractivity contribution is 14.0. The SMILES string of the molecule is CCNC(=NCc1cc(N(C)C)nc2ccccc12)NC1CCN(CCCOC)CC1.I. The number of likely N-dealkylation sites (tertiary alicyclic amines) is 1. The smallest absolute Gasteiger partial charge is 0.191 e. The number of nitrogens with one attached hydrogen (secondary N) is 2. The number of fused-ring (bicyclic) bond motifs is 1. The lowest BCUT2D eigenvalue weighted by atomic mass is 10.1. The average Bonchev–Trinajstić information content (AvgIpc) is 2.78. The quantitative estimate of drug-likeness (QED) is 0.214. The van der Waals surface area contributed by atoms with E-state index in [0.29, 0.717) is 12.6 Å². The lowest BCUT2D eigenvalue weighted by molar-refractivity contribution is 0.155. The third-order valence-corrected chi connectivity index (χ3v) is 5.75. The fourth-order valence-corrected chi connectivity index (χ4v) is 4.00. The van der Waals surface area contributed by atoms with Crippen molar-refractivity contribution >= 4 is 46.7 Å². The molecule has 0 atom stereocenters. The number of piperidine rings is 1. The Morgan fingerprint density at radius 1 is 1.25 bits per heavy atom. The van der Waals surface area contributed by atoms with Crippen molar-refractivity contribution in [2.24, 2.45) is 4.99 Å². The van der Waals surface area contributed by atoms with Gasteiger partial charge >= 0.3 is 0 Å². The normalized spacial score (nSPS) is 15.4. The maximum atomic E-state index is 5.17. The first-order valence-corrected chi connectivity index (χ1v) is 11.4. The van der Waals surface area contributed by atoms with E-state index in [4.69, 9.17) is 14.7 Å². The summed E-state index contributed by atoms with van der Waals surface area (Å²) >= 11 is 0. The van der Waals surface area contributed by atoms with Crippen molar-refractivity contribution in [1.29, 1.82) is 0 Å². The molecule has 8 heteroatoms. The van der Waals surface area contributed by atoms with Crippen LogP contribution in [0.5, 0.6) is 0 Å². The molecule has 0 amide bonds. The van der Waals surface area contributed by atoms with E-state index in [2.05, 4.69) is 46.7 Å². The van der Waals surface area contributed by atoms with E-state index >= 15 is 0 Å². The molecular formula is C24H39IN6O. The second-order valence-corrected chi connectivity index (χ2v) is 8.35. The summed E-state index contributed by atoms with van der Waals surface area (Å²) in [5.74, 6) is 1.86. The van der Waals surface area contributed by atoms with Gasteiger partial charge in [0.1, 0.15) is 5.82 Å². The minimum atomic E-state index is 0. The molecule has 0 bridgehead atoms. The second kappa shape index (κ2) is 13.8. The monoisotopic (exact) mass is 554 g/mol. The average molecular weight is 555 g/mol. The Morgan fingerprint density at radius 3 is 2.69 bits per heavy atom. The molecule has 0 aliphatic carbocycles. The van der Waals surface area contributed by atoms with Gasteiger partial charge in [-0.25, -0.2) is 9.98 Å². The molecule has 2 aromatic rings. The molecule has 1 aliphatic heterocycles. The number of benzene rings is 1. The molecule has 1 saturated heterocycles. The summed E-state index contributed by atoms with van der Waals surface area (Å²) in [6.45, 7) is 7.80. The number of para-hydroxylation sites is 1. The van der Waals surface area contributed by atoms with Gasteiger partial charge in [0.15, 0.2) is 5.96 Å². The van der Waals surface area contributed by atoms with Gasteiger partial charge in [-0.2, -0.15) is 0 Å². The maximum Gasteiger partial charge on any atom is 0.191 e. The first kappa shape index (κ1) is 26.6. The number of hydrogen-bond acceptors (Lipinski definition) is 5.